The number of aliphatic hydroxyl groups is 6. The Bertz CT molecular complexity index is 4390. The van der Waals surface area contributed by atoms with E-state index >= 15 is 0 Å². The normalized spacial score (nSPS) is 30.2. The smallest absolute Gasteiger partial charge is 0.326 e. The second-order valence-electron chi connectivity index (χ2n) is 36.5. The van der Waals surface area contributed by atoms with Gasteiger partial charge in [0.15, 0.2) is 0 Å². The number of hydrogen-bond acceptors (Lipinski definition) is 28. The molecule has 48 nitrogen and oxygen atoms in total. The fraction of sp³-hybridized carbons (Fsp3) is 0.759. The lowest BCUT2D eigenvalue weighted by Gasteiger charge is -2.32. The summed E-state index contributed by atoms with van der Waals surface area (Å²) >= 11 is 0. The third kappa shape index (κ3) is 22.2. The molecule has 0 aromatic rings. The molecule has 17 N–H and O–H groups in total. The number of carboxylic acids is 1. The molecule has 0 bridgehead atoms. The largest absolute Gasteiger partial charge is 0.480 e. The third-order valence-corrected chi connectivity index (χ3v) is 27.8. The molecule has 13 heterocycles. The van der Waals surface area contributed by atoms with Crippen molar-refractivity contribution in [2.75, 3.05) is 131 Å². The fourth-order valence-corrected chi connectivity index (χ4v) is 21.1. The average Bonchev–Trinajstić information content (AvgIpc) is 1.66. The van der Waals surface area contributed by atoms with Crippen LogP contribution in [-0.2, 0) is 95.9 Å². The van der Waals surface area contributed by atoms with Crippen LogP contribution < -0.4 is 48.3 Å². The lowest BCUT2D eigenvalue weighted by molar-refractivity contribution is -0.151. The molecular formula is C83H123N21O27. The van der Waals surface area contributed by atoms with Gasteiger partial charge in [-0.05, 0) is 122 Å². The first-order valence-corrected chi connectivity index (χ1v) is 45.9. The predicted molar refractivity (Wildman–Crippen MR) is 447 cm³/mol. The van der Waals surface area contributed by atoms with Crippen LogP contribution in [0, 0.1) is 0 Å². The van der Waals surface area contributed by atoms with Crippen molar-refractivity contribution in [3.63, 3.8) is 0 Å². The summed E-state index contributed by atoms with van der Waals surface area (Å²) in [7, 11) is 0. The van der Waals surface area contributed by atoms with Gasteiger partial charge in [-0.1, -0.05) is 0 Å². The summed E-state index contributed by atoms with van der Waals surface area (Å²) in [6, 6.07) is -16.0. The molecule has 19 amide bonds. The van der Waals surface area contributed by atoms with E-state index in [-0.39, 0.29) is 174 Å². The first-order valence-electron chi connectivity index (χ1n) is 45.9. The number of rotatable bonds is 31. The number of carboxylic acid groups (broad SMARTS) is 1. The first-order chi connectivity index (χ1) is 62.6. The lowest BCUT2D eigenvalue weighted by atomic mass is 10.1. The van der Waals surface area contributed by atoms with Crippen LogP contribution in [0.25, 0.3) is 0 Å². The van der Waals surface area contributed by atoms with Gasteiger partial charge in [0, 0.05) is 117 Å². The van der Waals surface area contributed by atoms with Crippen molar-refractivity contribution in [3.8, 4) is 0 Å². The molecule has 0 aromatic carbocycles. The minimum atomic E-state index is -1.34. The number of nitrogens with zero attached hydrogens (tertiary/aromatic N) is 12. The number of β-amino-alcohol motifs (C(OH)–C–C–N with tert-alkyl or cyclic N) is 6. The molecule has 0 spiro atoms. The number of nitrogens with one attached hydrogen (secondary N) is 8. The summed E-state index contributed by atoms with van der Waals surface area (Å²) in [5.74, 6) is -14.5. The second-order valence-corrected chi connectivity index (χ2v) is 36.5. The summed E-state index contributed by atoms with van der Waals surface area (Å²) in [5.41, 5.74) is 5.78. The molecule has 20 atom stereocenters. The molecule has 13 fully saturated rings. The van der Waals surface area contributed by atoms with Crippen molar-refractivity contribution >= 4 is 118 Å². The van der Waals surface area contributed by atoms with E-state index in [1.54, 1.807) is 0 Å². The van der Waals surface area contributed by atoms with E-state index in [0.29, 0.717) is 64.3 Å². The molecule has 0 unspecified atom stereocenters. The molecule has 13 saturated heterocycles. The summed E-state index contributed by atoms with van der Waals surface area (Å²) in [6.45, 7) is -3.87. The molecule has 0 aliphatic carbocycles. The van der Waals surface area contributed by atoms with Crippen LogP contribution in [-0.4, -0.2) is 465 Å². The predicted octanol–water partition coefficient (Wildman–Crippen LogP) is -12.1. The number of unbranched alkanes of at least 4 members (excludes halogenated alkanes) is 1. The van der Waals surface area contributed by atoms with E-state index in [0.717, 1.165) is 30.9 Å². The molecular weight excluding hydrogens is 1720 g/mol. The molecule has 13 rings (SSSR count). The topological polar surface area (TPSA) is 644 Å². The van der Waals surface area contributed by atoms with E-state index in [1.807, 2.05) is 0 Å². The van der Waals surface area contributed by atoms with Crippen LogP contribution in [0.3, 0.4) is 0 Å². The maximum Gasteiger partial charge on any atom is 0.326 e. The van der Waals surface area contributed by atoms with E-state index in [1.165, 1.54) is 34.3 Å². The quantitative estimate of drug-likeness (QED) is 0.0287. The highest BCUT2D eigenvalue weighted by Gasteiger charge is 2.53. The van der Waals surface area contributed by atoms with Crippen molar-refractivity contribution in [1.82, 2.24) is 101 Å². The number of hydrogen-bond donors (Lipinski definition) is 16. The molecule has 722 valence electrons. The van der Waals surface area contributed by atoms with Gasteiger partial charge >= 0.3 is 5.97 Å². The number of carbonyl (C=O) groups excluding carboxylic acids is 19. The maximum absolute atomic E-state index is 14.5. The van der Waals surface area contributed by atoms with Crippen LogP contribution in [0.5, 0.6) is 0 Å². The van der Waals surface area contributed by atoms with E-state index in [4.69, 9.17) is 5.73 Å². The van der Waals surface area contributed by atoms with E-state index in [9.17, 15) is 132 Å². The first kappa shape index (κ1) is 97.6. The van der Waals surface area contributed by atoms with E-state index in [2.05, 4.69) is 42.5 Å². The van der Waals surface area contributed by atoms with Gasteiger partial charge in [-0.25, -0.2) is 4.79 Å². The highest BCUT2D eigenvalue weighted by molar-refractivity contribution is 6.02. The number of carbonyl (C=O) groups is 20. The van der Waals surface area contributed by atoms with Gasteiger partial charge in [-0.3, -0.25) is 91.1 Å². The number of amides is 19. The van der Waals surface area contributed by atoms with Gasteiger partial charge in [-0.2, -0.15) is 0 Å². The minimum Gasteiger partial charge on any atom is -0.480 e. The van der Waals surface area contributed by atoms with E-state index < -0.39 is 273 Å². The van der Waals surface area contributed by atoms with Crippen LogP contribution in [0.1, 0.15) is 148 Å². The Hall–Kier alpha value is -10.9. The van der Waals surface area contributed by atoms with Crippen LogP contribution in [0.15, 0.2) is 0 Å². The second kappa shape index (κ2) is 43.2. The number of aliphatic carboxylic acids is 1. The zero-order valence-electron chi connectivity index (χ0n) is 73.2. The minimum absolute atomic E-state index is 0.0253. The summed E-state index contributed by atoms with van der Waals surface area (Å²) < 4.78 is 0. The van der Waals surface area contributed by atoms with Gasteiger partial charge in [-0.15, -0.1) is 0 Å². The zero-order chi connectivity index (χ0) is 94.1. The number of likely N-dealkylation sites (tertiary alicyclic amines) is 12. The Morgan fingerprint density at radius 2 is 0.542 bits per heavy atom. The highest BCUT2D eigenvalue weighted by atomic mass is 16.4. The van der Waals surface area contributed by atoms with Gasteiger partial charge < -0.3 is 143 Å². The van der Waals surface area contributed by atoms with Gasteiger partial charge in [0.2, 0.25) is 112 Å². The molecule has 48 heteroatoms. The van der Waals surface area contributed by atoms with Crippen LogP contribution in [0.2, 0.25) is 0 Å². The highest BCUT2D eigenvalue weighted by Crippen LogP contribution is 2.34. The molecule has 0 radical (unpaired) electrons. The van der Waals surface area contributed by atoms with Crippen molar-refractivity contribution < 1.29 is 132 Å². The lowest BCUT2D eigenvalue weighted by Crippen LogP contribution is -2.57. The molecule has 13 aliphatic rings. The Kier molecular flexibility index (Phi) is 32.2. The molecule has 0 saturated carbocycles. The Morgan fingerprint density at radius 3 is 0.809 bits per heavy atom. The molecule has 0 aromatic heterocycles. The number of aliphatic hydroxyl groups excluding tert-OH is 6. The summed E-state index contributed by atoms with van der Waals surface area (Å²) in [4.78, 5) is 291. The van der Waals surface area contributed by atoms with Gasteiger partial charge in [0.25, 0.3) is 0 Å². The number of nitrogens with two attached hydrogens (primary N) is 1. The van der Waals surface area contributed by atoms with Gasteiger partial charge in [0.1, 0.15) is 78.5 Å². The van der Waals surface area contributed by atoms with Crippen molar-refractivity contribution in [3.05, 3.63) is 0 Å². The SMILES string of the molecule is NCCCC[C@H](NC(=O)[C@@H]1CCCN1C(=O)CNC(=O)[C@@H]1C[C@@H](O)CN1C(=O)[C@@H]1CCCN1C(=O)CNC(=O)[C@@H]1C[C@@H](O)CN1C(=O)[C@@H]1CCCN1C(=O)CNC(=O)[C@@H]1C[C@@H](O)CN1C(=O)[C@@H]1CCCN1C(=O)CNC(=O)[C@@H]1C[C@@H](O)CN1C(=O)[C@@H]1CCCN1)C(=O)NCC(=O)N1CCC[C@H]1C(=O)N1C[C@H](O)C[C@H]1C(=O)NCC(=O)N1CCC[C@H]1C(=O)N1C[C@H](O)C[C@H]1C(=O)O. The monoisotopic (exact) mass is 1850 g/mol. The van der Waals surface area contributed by atoms with Crippen molar-refractivity contribution in [2.24, 2.45) is 5.73 Å². The van der Waals surface area contributed by atoms with Crippen LogP contribution >= 0.6 is 0 Å². The Labute approximate surface area is 753 Å². The summed E-state index contributed by atoms with van der Waals surface area (Å²) in [6.07, 6.45) is -2.57. The standard InChI is InChI=1S/C83H123N21O27/c84-18-2-1-10-50(70(117)86-32-65(112)94-21-5-13-53(94)78(125)101-40-46(107)28-60(101)75(122)91-37-69(116)98-25-9-17-57(98)82(129)104-43-49(110)31-63(104)83(130)131)92-76(123)52-12-4-20-93(52)64(111)33-87-72(119)59-27-45(106)39-100(59)79(126)55-15-7-23-96(55)67(114)35-89-74(121)62-30-48(109)42-103(62)81(128)56-16-8-24-97(56)68(115)36-90-73(120)61-29-47(108)41-102(61)80(127)54-14-6-22-95(54)66(113)34-88-71(118)58-26-44(105)38-99(58)77(124)51-11-3-19-85-51/h44-63,85,105-110H,1-43,84H2,(H,86,117)(H,87,119)(H,88,118)(H,89,121)(H,90,120)(H,91,122)(H,92,123)(H,130,131)/t44-,45-,46-,47-,48-,49-,50+,51+,52+,53+,54+,55+,56+,57+,58+,59+,60+,61+,62+,63+/m1/s1. The Balaban J connectivity index is 0.539. The average molecular weight is 1850 g/mol. The maximum atomic E-state index is 14.5. The Morgan fingerprint density at radius 1 is 0.290 bits per heavy atom. The van der Waals surface area contributed by atoms with Crippen molar-refractivity contribution in [2.45, 2.75) is 269 Å². The van der Waals surface area contributed by atoms with Crippen LogP contribution in [0.4, 0.5) is 0 Å². The molecule has 131 heavy (non-hydrogen) atoms. The molecule has 13 aliphatic heterocycles. The van der Waals surface area contributed by atoms with Crippen molar-refractivity contribution in [1.29, 1.82) is 0 Å². The summed E-state index contributed by atoms with van der Waals surface area (Å²) in [5, 5.41) is 94.6. The zero-order valence-corrected chi connectivity index (χ0v) is 73.2. The van der Waals surface area contributed by atoms with Gasteiger partial charge in [0.05, 0.1) is 81.9 Å². The fourth-order valence-electron chi connectivity index (χ4n) is 21.1. The third-order valence-electron chi connectivity index (χ3n) is 27.8.